The molecule has 2 N–H and O–H groups in total. The van der Waals surface area contributed by atoms with Crippen molar-refractivity contribution in [1.82, 2.24) is 15.1 Å². The molecule has 2 aliphatic rings. The number of carbonyl (C=O) groups is 2. The number of hydrogen-bond acceptors (Lipinski definition) is 5. The zero-order chi connectivity index (χ0) is 17.9. The summed E-state index contributed by atoms with van der Waals surface area (Å²) in [7, 11) is 1.61. The average Bonchev–Trinajstić information content (AvgIpc) is 2.59. The van der Waals surface area contributed by atoms with Gasteiger partial charge in [0.2, 0.25) is 5.91 Å². The predicted octanol–water partition coefficient (Wildman–Crippen LogP) is -0.0195. The van der Waals surface area contributed by atoms with Crippen molar-refractivity contribution in [3.8, 4) is 5.75 Å². The first-order chi connectivity index (χ1) is 12.0. The lowest BCUT2D eigenvalue weighted by atomic mass is 9.90. The average molecular weight is 347 g/mol. The van der Waals surface area contributed by atoms with Gasteiger partial charge in [-0.1, -0.05) is 12.1 Å². The number of methoxy groups -OCH3 is 1. The summed E-state index contributed by atoms with van der Waals surface area (Å²) in [5.74, 6) is 0.426. The number of piperazine rings is 1. The lowest BCUT2D eigenvalue weighted by Gasteiger charge is -2.41. The standard InChI is InChI=1S/C18H25N3O4/c1-25-15-5-2-4-14(10-15)11-21-8-3-6-18(24,17(21)23)13-20-9-7-19-16(22)12-20/h2,4-5,10,24H,3,6-9,11-13H2,1H3,(H,19,22)/t18-/m1/s1. The molecule has 0 spiro atoms. The maximum absolute atomic E-state index is 12.9. The molecule has 7 heteroatoms. The summed E-state index contributed by atoms with van der Waals surface area (Å²) in [4.78, 5) is 28.0. The second kappa shape index (κ2) is 7.41. The van der Waals surface area contributed by atoms with E-state index in [2.05, 4.69) is 5.32 Å². The van der Waals surface area contributed by atoms with Gasteiger partial charge in [-0.2, -0.15) is 0 Å². The minimum Gasteiger partial charge on any atom is -0.497 e. The van der Waals surface area contributed by atoms with Gasteiger partial charge < -0.3 is 20.1 Å². The van der Waals surface area contributed by atoms with E-state index in [1.165, 1.54) is 0 Å². The van der Waals surface area contributed by atoms with Crippen molar-refractivity contribution < 1.29 is 19.4 Å². The molecule has 0 bridgehead atoms. The number of likely N-dealkylation sites (tertiary alicyclic amines) is 1. The van der Waals surface area contributed by atoms with Crippen molar-refractivity contribution in [1.29, 1.82) is 0 Å². The fraction of sp³-hybridized carbons (Fsp3) is 0.556. The van der Waals surface area contributed by atoms with Crippen molar-refractivity contribution in [2.75, 3.05) is 39.8 Å². The van der Waals surface area contributed by atoms with Crippen molar-refractivity contribution in [2.45, 2.75) is 25.0 Å². The first-order valence-corrected chi connectivity index (χ1v) is 8.64. The molecule has 7 nitrogen and oxygen atoms in total. The van der Waals surface area contributed by atoms with Crippen LogP contribution in [-0.2, 0) is 16.1 Å². The van der Waals surface area contributed by atoms with Crippen LogP contribution in [0.2, 0.25) is 0 Å². The Hall–Kier alpha value is -2.12. The van der Waals surface area contributed by atoms with Crippen molar-refractivity contribution >= 4 is 11.8 Å². The van der Waals surface area contributed by atoms with E-state index in [0.717, 1.165) is 17.7 Å². The quantitative estimate of drug-likeness (QED) is 0.782. The minimum absolute atomic E-state index is 0.0636. The maximum atomic E-state index is 12.9. The summed E-state index contributed by atoms with van der Waals surface area (Å²) in [6.07, 6.45) is 1.17. The Labute approximate surface area is 147 Å². The van der Waals surface area contributed by atoms with Crippen LogP contribution < -0.4 is 10.1 Å². The van der Waals surface area contributed by atoms with Crippen molar-refractivity contribution in [3.05, 3.63) is 29.8 Å². The highest BCUT2D eigenvalue weighted by molar-refractivity contribution is 5.86. The number of hydrogen-bond donors (Lipinski definition) is 2. The molecule has 2 aliphatic heterocycles. The van der Waals surface area contributed by atoms with Crippen molar-refractivity contribution in [2.24, 2.45) is 0 Å². The van der Waals surface area contributed by atoms with Crippen LogP contribution in [0, 0.1) is 0 Å². The van der Waals surface area contributed by atoms with Gasteiger partial charge in [-0.05, 0) is 30.5 Å². The molecule has 2 heterocycles. The Kier molecular flexibility index (Phi) is 5.24. The number of nitrogens with zero attached hydrogens (tertiary/aromatic N) is 2. The number of nitrogens with one attached hydrogen (secondary N) is 1. The first-order valence-electron chi connectivity index (χ1n) is 8.64. The zero-order valence-corrected chi connectivity index (χ0v) is 14.5. The number of rotatable bonds is 5. The molecule has 1 aromatic rings. The molecule has 2 fully saturated rings. The normalized spacial score (nSPS) is 25.0. The first kappa shape index (κ1) is 17.7. The van der Waals surface area contributed by atoms with Crippen LogP contribution in [-0.4, -0.2) is 72.2 Å². The van der Waals surface area contributed by atoms with Gasteiger partial charge in [0.15, 0.2) is 5.60 Å². The second-order valence-corrected chi connectivity index (χ2v) is 6.77. The van der Waals surface area contributed by atoms with Gasteiger partial charge in [0.1, 0.15) is 5.75 Å². The highest BCUT2D eigenvalue weighted by Gasteiger charge is 2.43. The largest absolute Gasteiger partial charge is 0.497 e. The van der Waals surface area contributed by atoms with E-state index in [4.69, 9.17) is 4.74 Å². The lowest BCUT2D eigenvalue weighted by Crippen LogP contribution is -2.60. The van der Waals surface area contributed by atoms with Crippen molar-refractivity contribution in [3.63, 3.8) is 0 Å². The third-order valence-corrected chi connectivity index (χ3v) is 4.81. The summed E-state index contributed by atoms with van der Waals surface area (Å²) in [5, 5.41) is 13.7. The zero-order valence-electron chi connectivity index (χ0n) is 14.5. The molecule has 136 valence electrons. The van der Waals surface area contributed by atoms with Gasteiger partial charge in [-0.3, -0.25) is 14.5 Å². The van der Waals surface area contributed by atoms with Crippen LogP contribution in [0.25, 0.3) is 0 Å². The Balaban J connectivity index is 1.68. The number of benzene rings is 1. The number of carbonyl (C=O) groups excluding carboxylic acids is 2. The molecule has 1 atom stereocenters. The Bertz CT molecular complexity index is 651. The van der Waals surface area contributed by atoms with E-state index in [0.29, 0.717) is 32.6 Å². The number of ether oxygens (including phenoxy) is 1. The van der Waals surface area contributed by atoms with Gasteiger partial charge in [-0.25, -0.2) is 0 Å². The highest BCUT2D eigenvalue weighted by atomic mass is 16.5. The molecule has 0 aliphatic carbocycles. The Morgan fingerprint density at radius 1 is 1.32 bits per heavy atom. The van der Waals surface area contributed by atoms with Crippen LogP contribution in [0.4, 0.5) is 0 Å². The van der Waals surface area contributed by atoms with Crippen LogP contribution >= 0.6 is 0 Å². The van der Waals surface area contributed by atoms with E-state index < -0.39 is 5.60 Å². The fourth-order valence-electron chi connectivity index (χ4n) is 3.55. The molecule has 25 heavy (non-hydrogen) atoms. The summed E-state index contributed by atoms with van der Waals surface area (Å²) >= 11 is 0. The van der Waals surface area contributed by atoms with E-state index in [1.54, 1.807) is 12.0 Å². The molecule has 2 amide bonds. The SMILES string of the molecule is COc1cccc(CN2CCC[C@@](O)(CN3CCNC(=O)C3)C2=O)c1. The molecular formula is C18H25N3O4. The van der Waals surface area contributed by atoms with Gasteiger partial charge in [0.25, 0.3) is 5.91 Å². The molecule has 0 aromatic heterocycles. The van der Waals surface area contributed by atoms with Crippen LogP contribution in [0.1, 0.15) is 18.4 Å². The summed E-state index contributed by atoms with van der Waals surface area (Å²) < 4.78 is 5.23. The van der Waals surface area contributed by atoms with E-state index in [-0.39, 0.29) is 24.9 Å². The van der Waals surface area contributed by atoms with Gasteiger partial charge in [0.05, 0.1) is 13.7 Å². The topological polar surface area (TPSA) is 82.1 Å². The minimum atomic E-state index is -1.42. The summed E-state index contributed by atoms with van der Waals surface area (Å²) in [6.45, 7) is 2.70. The van der Waals surface area contributed by atoms with E-state index in [9.17, 15) is 14.7 Å². The monoisotopic (exact) mass is 347 g/mol. The van der Waals surface area contributed by atoms with Gasteiger partial charge >= 0.3 is 0 Å². The molecule has 2 saturated heterocycles. The predicted molar refractivity (Wildman–Crippen MR) is 92.0 cm³/mol. The third kappa shape index (κ3) is 4.11. The van der Waals surface area contributed by atoms with Gasteiger partial charge in [0, 0.05) is 32.7 Å². The molecule has 1 aromatic carbocycles. The fourth-order valence-corrected chi connectivity index (χ4v) is 3.55. The summed E-state index contributed by atoms with van der Waals surface area (Å²) in [5.41, 5.74) is -0.455. The Morgan fingerprint density at radius 2 is 2.16 bits per heavy atom. The smallest absolute Gasteiger partial charge is 0.256 e. The molecule has 0 saturated carbocycles. The van der Waals surface area contributed by atoms with Crippen LogP contribution in [0.15, 0.2) is 24.3 Å². The number of piperidine rings is 1. The van der Waals surface area contributed by atoms with E-state index >= 15 is 0 Å². The number of aliphatic hydroxyl groups is 1. The Morgan fingerprint density at radius 3 is 2.92 bits per heavy atom. The third-order valence-electron chi connectivity index (χ3n) is 4.81. The molecule has 0 unspecified atom stereocenters. The van der Waals surface area contributed by atoms with Crippen LogP contribution in [0.3, 0.4) is 0 Å². The number of β-amino-alcohol motifs (C(OH)–C–C–N with tert-alkyl or cyclic N) is 1. The molecule has 0 radical (unpaired) electrons. The highest BCUT2D eigenvalue weighted by Crippen LogP contribution is 2.26. The molecular weight excluding hydrogens is 322 g/mol. The van der Waals surface area contributed by atoms with Crippen LogP contribution in [0.5, 0.6) is 5.75 Å². The number of amides is 2. The molecule has 3 rings (SSSR count). The second-order valence-electron chi connectivity index (χ2n) is 6.77. The van der Waals surface area contributed by atoms with E-state index in [1.807, 2.05) is 29.2 Å². The lowest BCUT2D eigenvalue weighted by molar-refractivity contribution is -0.161. The maximum Gasteiger partial charge on any atom is 0.256 e. The summed E-state index contributed by atoms with van der Waals surface area (Å²) in [6, 6.07) is 7.59. The van der Waals surface area contributed by atoms with Gasteiger partial charge in [-0.15, -0.1) is 0 Å².